The van der Waals surface area contributed by atoms with Crippen molar-refractivity contribution in [3.05, 3.63) is 36.4 Å². The van der Waals surface area contributed by atoms with Crippen molar-refractivity contribution in [2.45, 2.75) is 51.5 Å². The number of pyridine rings is 1. The van der Waals surface area contributed by atoms with Gasteiger partial charge in [0, 0.05) is 54.3 Å². The number of aromatic amines is 2. The molecule has 6 heteroatoms. The van der Waals surface area contributed by atoms with Gasteiger partial charge in [-0.25, -0.2) is 4.98 Å². The number of nitrogens with zero attached hydrogens (tertiary/aromatic N) is 3. The van der Waals surface area contributed by atoms with Crippen LogP contribution in [0.5, 0.6) is 0 Å². The fraction of sp³-hybridized carbons (Fsp3) is 0.545. The number of H-pyrrole nitrogens is 2. The van der Waals surface area contributed by atoms with Crippen molar-refractivity contribution in [3.8, 4) is 11.1 Å². The van der Waals surface area contributed by atoms with Crippen molar-refractivity contribution < 1.29 is 4.74 Å². The molecule has 1 fully saturated rings. The maximum absolute atomic E-state index is 5.56. The molecule has 0 aromatic carbocycles. The van der Waals surface area contributed by atoms with Crippen LogP contribution >= 0.6 is 0 Å². The highest BCUT2D eigenvalue weighted by atomic mass is 16.5. The lowest BCUT2D eigenvalue weighted by Crippen LogP contribution is -2.39. The minimum atomic E-state index is 0.603. The average Bonchev–Trinajstić information content (AvgIpc) is 3.40. The van der Waals surface area contributed by atoms with Crippen molar-refractivity contribution in [1.82, 2.24) is 25.1 Å². The Kier molecular flexibility index (Phi) is 6.07. The molecule has 0 atom stereocenters. The zero-order chi connectivity index (χ0) is 19.3. The highest BCUT2D eigenvalue weighted by Gasteiger charge is 2.26. The smallest absolute Gasteiger partial charge is 0.137 e. The molecule has 0 radical (unpaired) electrons. The first-order chi connectivity index (χ1) is 13.8. The van der Waals surface area contributed by atoms with E-state index in [1.54, 1.807) is 0 Å². The van der Waals surface area contributed by atoms with Crippen LogP contribution in [0.2, 0.25) is 0 Å². The number of hydrogen-bond acceptors (Lipinski definition) is 4. The number of nitrogens with one attached hydrogen (secondary N) is 2. The Morgan fingerprint density at radius 1 is 1.14 bits per heavy atom. The summed E-state index contributed by atoms with van der Waals surface area (Å²) in [4.78, 5) is 10.6. The van der Waals surface area contributed by atoms with Gasteiger partial charge in [-0.15, -0.1) is 0 Å². The van der Waals surface area contributed by atoms with Gasteiger partial charge in [-0.1, -0.05) is 6.92 Å². The molecule has 6 nitrogen and oxygen atoms in total. The van der Waals surface area contributed by atoms with E-state index < -0.39 is 0 Å². The normalized spacial score (nSPS) is 20.2. The van der Waals surface area contributed by atoms with E-state index in [4.69, 9.17) is 9.72 Å². The molecule has 2 N–H and O–H groups in total. The van der Waals surface area contributed by atoms with Crippen molar-refractivity contribution in [1.29, 1.82) is 0 Å². The summed E-state index contributed by atoms with van der Waals surface area (Å²) in [5.41, 5.74) is 4.58. The molecule has 1 saturated carbocycles. The minimum absolute atomic E-state index is 0.603. The van der Waals surface area contributed by atoms with Gasteiger partial charge in [0.2, 0.25) is 0 Å². The molecule has 0 spiro atoms. The van der Waals surface area contributed by atoms with Crippen molar-refractivity contribution in [2.24, 2.45) is 0 Å². The topological polar surface area (TPSA) is 69.8 Å². The molecule has 0 saturated heterocycles. The van der Waals surface area contributed by atoms with E-state index in [2.05, 4.69) is 46.2 Å². The van der Waals surface area contributed by atoms with E-state index >= 15 is 0 Å². The van der Waals surface area contributed by atoms with Crippen LogP contribution in [0.25, 0.3) is 22.2 Å². The van der Waals surface area contributed by atoms with Gasteiger partial charge in [0.05, 0.1) is 12.8 Å². The Labute approximate surface area is 166 Å². The fourth-order valence-electron chi connectivity index (χ4n) is 4.58. The van der Waals surface area contributed by atoms with Crippen LogP contribution in [0.1, 0.15) is 51.0 Å². The van der Waals surface area contributed by atoms with Crippen molar-refractivity contribution >= 4 is 11.0 Å². The van der Waals surface area contributed by atoms with Crippen LogP contribution in [-0.4, -0.2) is 57.4 Å². The number of hydrogen-bond donors (Lipinski definition) is 2. The highest BCUT2D eigenvalue weighted by Crippen LogP contribution is 2.36. The molecular formula is C22H31N5O. The highest BCUT2D eigenvalue weighted by molar-refractivity contribution is 5.93. The summed E-state index contributed by atoms with van der Waals surface area (Å²) < 4.78 is 5.56. The first-order valence-electron chi connectivity index (χ1n) is 10.6. The summed E-state index contributed by atoms with van der Waals surface area (Å²) in [6.45, 7) is 8.13. The molecule has 4 rings (SSSR count). The lowest BCUT2D eigenvalue weighted by molar-refractivity contribution is 0.0834. The van der Waals surface area contributed by atoms with Gasteiger partial charge in [0.15, 0.2) is 0 Å². The van der Waals surface area contributed by atoms with Crippen LogP contribution in [-0.2, 0) is 4.74 Å². The van der Waals surface area contributed by atoms with Gasteiger partial charge in [-0.05, 0) is 56.7 Å². The second kappa shape index (κ2) is 8.88. The molecule has 0 unspecified atom stereocenters. The predicted octanol–water partition coefficient (Wildman–Crippen LogP) is 4.34. The van der Waals surface area contributed by atoms with Crippen LogP contribution in [0.3, 0.4) is 0 Å². The minimum Gasteiger partial charge on any atom is -0.380 e. The van der Waals surface area contributed by atoms with Gasteiger partial charge >= 0.3 is 0 Å². The van der Waals surface area contributed by atoms with Gasteiger partial charge in [0.1, 0.15) is 5.65 Å². The maximum atomic E-state index is 5.56. The van der Waals surface area contributed by atoms with E-state index in [0.29, 0.717) is 12.0 Å². The third-order valence-corrected chi connectivity index (χ3v) is 6.18. The zero-order valence-corrected chi connectivity index (χ0v) is 16.9. The molecule has 3 heterocycles. The Balaban J connectivity index is 1.44. The van der Waals surface area contributed by atoms with E-state index in [1.165, 1.54) is 42.2 Å². The second-order valence-corrected chi connectivity index (χ2v) is 7.69. The van der Waals surface area contributed by atoms with Gasteiger partial charge < -0.3 is 9.72 Å². The number of fused-ring (bicyclic) bond motifs is 1. The molecule has 0 amide bonds. The van der Waals surface area contributed by atoms with Crippen molar-refractivity contribution in [2.75, 3.05) is 26.3 Å². The lowest BCUT2D eigenvalue weighted by Gasteiger charge is -2.36. The quantitative estimate of drug-likeness (QED) is 0.570. The molecule has 28 heavy (non-hydrogen) atoms. The Morgan fingerprint density at radius 3 is 2.71 bits per heavy atom. The summed E-state index contributed by atoms with van der Waals surface area (Å²) in [5, 5.41) is 8.17. The van der Waals surface area contributed by atoms with Crippen LogP contribution in [0, 0.1) is 0 Å². The molecule has 3 aromatic rings. The summed E-state index contributed by atoms with van der Waals surface area (Å²) in [5.74, 6) is 0.603. The number of aromatic nitrogens is 4. The molecule has 150 valence electrons. The summed E-state index contributed by atoms with van der Waals surface area (Å²) in [6, 6.07) is 3.02. The number of ether oxygens (including phenoxy) is 1. The average molecular weight is 382 g/mol. The zero-order valence-electron chi connectivity index (χ0n) is 16.9. The summed E-state index contributed by atoms with van der Waals surface area (Å²) >= 11 is 0. The largest absolute Gasteiger partial charge is 0.380 e. The first-order valence-corrected chi connectivity index (χ1v) is 10.6. The maximum Gasteiger partial charge on any atom is 0.137 e. The molecular weight excluding hydrogens is 350 g/mol. The van der Waals surface area contributed by atoms with E-state index in [-0.39, 0.29) is 0 Å². The Morgan fingerprint density at radius 2 is 2.00 bits per heavy atom. The van der Waals surface area contributed by atoms with Gasteiger partial charge in [-0.2, -0.15) is 5.10 Å². The predicted molar refractivity (Wildman–Crippen MR) is 112 cm³/mol. The van der Waals surface area contributed by atoms with Gasteiger partial charge in [0.25, 0.3) is 0 Å². The number of likely N-dealkylation sites (N-methyl/N-ethyl adjacent to an activating group) is 1. The molecule has 1 aliphatic rings. The Hall–Kier alpha value is -2.18. The van der Waals surface area contributed by atoms with E-state index in [9.17, 15) is 0 Å². The van der Waals surface area contributed by atoms with Crippen LogP contribution in [0.15, 0.2) is 30.9 Å². The first kappa shape index (κ1) is 19.2. The standard InChI is InChI=1S/C22H31N5O/c1-3-27(9-10-28-4-2)19-7-5-16(6-8-19)17-11-20-21(18-13-25-26-14-18)15-24-22(20)23-12-17/h11-16,19H,3-10H2,1-2H3,(H,23,24)(H,25,26). The third-order valence-electron chi connectivity index (χ3n) is 6.18. The summed E-state index contributed by atoms with van der Waals surface area (Å²) in [6.07, 6.45) is 12.9. The van der Waals surface area contributed by atoms with Gasteiger partial charge in [-0.3, -0.25) is 10.00 Å². The molecule has 0 bridgehead atoms. The second-order valence-electron chi connectivity index (χ2n) is 7.69. The fourth-order valence-corrected chi connectivity index (χ4v) is 4.58. The lowest BCUT2D eigenvalue weighted by atomic mass is 9.81. The summed E-state index contributed by atoms with van der Waals surface area (Å²) in [7, 11) is 0. The number of rotatable bonds is 8. The molecule has 3 aromatic heterocycles. The van der Waals surface area contributed by atoms with Crippen molar-refractivity contribution in [3.63, 3.8) is 0 Å². The third kappa shape index (κ3) is 3.98. The van der Waals surface area contributed by atoms with E-state index in [1.807, 2.05) is 18.6 Å². The SMILES string of the molecule is CCOCCN(CC)C1CCC(c2cnc3[nH]cc(-c4cn[nH]c4)c3c2)CC1. The monoisotopic (exact) mass is 381 g/mol. The Bertz CT molecular complexity index is 864. The van der Waals surface area contributed by atoms with Crippen LogP contribution in [0.4, 0.5) is 0 Å². The molecule has 1 aliphatic carbocycles. The van der Waals surface area contributed by atoms with Crippen LogP contribution < -0.4 is 0 Å². The molecule has 0 aliphatic heterocycles. The van der Waals surface area contributed by atoms with E-state index in [0.717, 1.165) is 37.5 Å².